The van der Waals surface area contributed by atoms with E-state index in [-0.39, 0.29) is 33.7 Å². The van der Waals surface area contributed by atoms with Crippen LogP contribution >= 0.6 is 11.6 Å². The topological polar surface area (TPSA) is 69.3 Å². The number of anilines is 4. The Morgan fingerprint density at radius 1 is 1.00 bits per heavy atom. The van der Waals surface area contributed by atoms with Gasteiger partial charge in [0.15, 0.2) is 0 Å². The number of nitrogens with one attached hydrogen (secondary N) is 3. The Balaban J connectivity index is 1.46. The van der Waals surface area contributed by atoms with Crippen LogP contribution in [0.15, 0.2) is 48.7 Å². The van der Waals surface area contributed by atoms with E-state index in [1.54, 1.807) is 4.90 Å². The first-order chi connectivity index (χ1) is 19.6. The molecule has 2 aliphatic heterocycles. The zero-order valence-electron chi connectivity index (χ0n) is 21.2. The van der Waals surface area contributed by atoms with Crippen LogP contribution in [0.4, 0.5) is 49.6 Å². The quantitative estimate of drug-likeness (QED) is 0.210. The van der Waals surface area contributed by atoms with E-state index in [0.29, 0.717) is 41.5 Å². The lowest BCUT2D eigenvalue weighted by atomic mass is 9.90. The van der Waals surface area contributed by atoms with E-state index < -0.39 is 29.4 Å². The number of hydrogen-bond acceptors (Lipinski definition) is 4. The van der Waals surface area contributed by atoms with Gasteiger partial charge in [-0.2, -0.15) is 13.2 Å². The van der Waals surface area contributed by atoms with Gasteiger partial charge in [0.25, 0.3) is 0 Å². The molecule has 0 radical (unpaired) electrons. The van der Waals surface area contributed by atoms with E-state index in [9.17, 15) is 26.7 Å². The zero-order chi connectivity index (χ0) is 28.6. The first-order valence-electron chi connectivity index (χ1n) is 13.0. The van der Waals surface area contributed by atoms with Crippen LogP contribution in [0.25, 0.3) is 10.8 Å². The van der Waals surface area contributed by atoms with Crippen molar-refractivity contribution in [1.29, 1.82) is 0 Å². The molecule has 1 atom stereocenters. The molecular formula is C29H21ClF5N5O. The summed E-state index contributed by atoms with van der Waals surface area (Å²) in [5.41, 5.74) is 2.45. The van der Waals surface area contributed by atoms with E-state index >= 15 is 0 Å². The molecule has 6 nitrogen and oxygen atoms in total. The number of rotatable bonds is 5. The number of pyridine rings is 1. The first-order valence-corrected chi connectivity index (χ1v) is 13.4. The van der Waals surface area contributed by atoms with Gasteiger partial charge in [-0.3, -0.25) is 4.90 Å². The van der Waals surface area contributed by atoms with Crippen molar-refractivity contribution in [3.05, 3.63) is 87.6 Å². The number of carbonyl (C=O) groups excluding carboxylic acids is 1. The van der Waals surface area contributed by atoms with E-state index in [0.717, 1.165) is 30.2 Å². The molecule has 4 aromatic rings. The number of carbonyl (C=O) groups is 1. The second-order valence-corrected chi connectivity index (χ2v) is 10.8. The van der Waals surface area contributed by atoms with Crippen molar-refractivity contribution in [3.8, 4) is 0 Å². The van der Waals surface area contributed by atoms with Crippen molar-refractivity contribution >= 4 is 51.3 Å². The summed E-state index contributed by atoms with van der Waals surface area (Å²) >= 11 is 6.49. The maximum Gasteiger partial charge on any atom is 0.417 e. The Bertz CT molecular complexity index is 1760. The normalized spacial score (nSPS) is 18.0. The van der Waals surface area contributed by atoms with E-state index in [4.69, 9.17) is 11.6 Å². The smallest absolute Gasteiger partial charge is 0.382 e. The molecule has 3 aliphatic rings. The van der Waals surface area contributed by atoms with Crippen LogP contribution < -0.4 is 20.9 Å². The minimum absolute atomic E-state index is 0.00777. The maximum absolute atomic E-state index is 14.5. The summed E-state index contributed by atoms with van der Waals surface area (Å²) in [4.78, 5) is 19.1. The molecule has 3 heterocycles. The number of hydrogen-bond donors (Lipinski definition) is 3. The number of nitrogens with zero attached hydrogens (tertiary/aromatic N) is 2. The molecule has 1 aromatic heterocycles. The molecule has 1 fully saturated rings. The van der Waals surface area contributed by atoms with Gasteiger partial charge in [-0.25, -0.2) is 18.6 Å². The van der Waals surface area contributed by atoms with Gasteiger partial charge in [0.1, 0.15) is 17.5 Å². The number of alkyl halides is 3. The summed E-state index contributed by atoms with van der Waals surface area (Å²) in [6.45, 7) is 0.410. The van der Waals surface area contributed by atoms with Crippen molar-refractivity contribution in [1.82, 2.24) is 10.3 Å². The zero-order valence-corrected chi connectivity index (χ0v) is 21.9. The van der Waals surface area contributed by atoms with Crippen molar-refractivity contribution < 1.29 is 26.7 Å². The lowest BCUT2D eigenvalue weighted by Crippen LogP contribution is -2.46. The summed E-state index contributed by atoms with van der Waals surface area (Å²) < 4.78 is 70.3. The molecule has 1 unspecified atom stereocenters. The number of amides is 2. The number of halogens is 6. The van der Waals surface area contributed by atoms with Crippen molar-refractivity contribution in [3.63, 3.8) is 0 Å². The van der Waals surface area contributed by atoms with E-state index in [2.05, 4.69) is 20.9 Å². The fraction of sp³-hybridized carbons (Fsp3) is 0.241. The Hall–Kier alpha value is -4.12. The minimum Gasteiger partial charge on any atom is -0.382 e. The van der Waals surface area contributed by atoms with Crippen LogP contribution in [-0.2, 0) is 12.6 Å². The average molecular weight is 586 g/mol. The van der Waals surface area contributed by atoms with Crippen LogP contribution in [-0.4, -0.2) is 23.6 Å². The highest BCUT2D eigenvalue weighted by Gasteiger charge is 2.41. The Labute approximate surface area is 235 Å². The summed E-state index contributed by atoms with van der Waals surface area (Å²) in [6, 6.07) is 7.30. The Morgan fingerprint density at radius 2 is 1.80 bits per heavy atom. The molecule has 2 amide bonds. The van der Waals surface area contributed by atoms with E-state index in [1.165, 1.54) is 30.5 Å². The lowest BCUT2D eigenvalue weighted by Gasteiger charge is -2.35. The summed E-state index contributed by atoms with van der Waals surface area (Å²) in [7, 11) is 0. The first kappa shape index (κ1) is 25.8. The third-order valence-corrected chi connectivity index (χ3v) is 8.06. The second-order valence-electron chi connectivity index (χ2n) is 10.4. The molecule has 1 aliphatic carbocycles. The van der Waals surface area contributed by atoms with Crippen molar-refractivity contribution in [2.45, 2.75) is 37.5 Å². The summed E-state index contributed by atoms with van der Waals surface area (Å²) in [5.74, 6) is -1.62. The van der Waals surface area contributed by atoms with Gasteiger partial charge >= 0.3 is 12.2 Å². The average Bonchev–Trinajstić information content (AvgIpc) is 3.62. The van der Waals surface area contributed by atoms with Crippen LogP contribution in [0.2, 0.25) is 5.02 Å². The fourth-order valence-electron chi connectivity index (χ4n) is 5.75. The van der Waals surface area contributed by atoms with Gasteiger partial charge in [0.2, 0.25) is 0 Å². The third kappa shape index (κ3) is 4.39. The SMILES string of the molecule is O=C1NC(c2cc(F)ccc2Cl)c2c(Nc3nccc4c(C(F)(F)F)cc(F)cc34)cc(NC3CC3)c3c2N1CC3. The fourth-order valence-corrected chi connectivity index (χ4v) is 5.98. The molecule has 210 valence electrons. The molecule has 12 heteroatoms. The number of aromatic nitrogens is 1. The van der Waals surface area contributed by atoms with Crippen LogP contribution in [0.1, 0.15) is 41.1 Å². The molecule has 0 saturated heterocycles. The molecular weight excluding hydrogens is 565 g/mol. The van der Waals surface area contributed by atoms with Crippen molar-refractivity contribution in [2.24, 2.45) is 0 Å². The molecule has 1 saturated carbocycles. The van der Waals surface area contributed by atoms with Crippen LogP contribution in [0.5, 0.6) is 0 Å². The van der Waals surface area contributed by atoms with Crippen LogP contribution in [0.3, 0.4) is 0 Å². The van der Waals surface area contributed by atoms with Crippen LogP contribution in [0, 0.1) is 11.6 Å². The highest BCUT2D eigenvalue weighted by molar-refractivity contribution is 6.31. The molecule has 3 N–H and O–H groups in total. The monoisotopic (exact) mass is 585 g/mol. The standard InChI is InChI=1S/C29H21ClF5N5O/c30-21-4-1-13(31)9-19(21)25-24-23(12-22(37-15-2-3-15)17-6-8-40(26(17)24)28(41)39-25)38-27-18-10-14(32)11-20(29(33,34)35)16(18)5-7-36-27/h1,4-5,7,9-12,15,25,37H,2-3,6,8H2,(H,36,38)(H,39,41). The third-order valence-electron chi connectivity index (χ3n) is 7.71. The molecule has 41 heavy (non-hydrogen) atoms. The van der Waals surface area contributed by atoms with E-state index in [1.807, 2.05) is 6.07 Å². The van der Waals surface area contributed by atoms with Gasteiger partial charge in [-0.1, -0.05) is 11.6 Å². The van der Waals surface area contributed by atoms with Gasteiger partial charge in [0.05, 0.1) is 17.3 Å². The molecule has 7 rings (SSSR count). The number of urea groups is 1. The lowest BCUT2D eigenvalue weighted by molar-refractivity contribution is -0.136. The number of benzene rings is 3. The molecule has 3 aromatic carbocycles. The van der Waals surface area contributed by atoms with Gasteiger partial charge in [-0.15, -0.1) is 0 Å². The predicted molar refractivity (Wildman–Crippen MR) is 146 cm³/mol. The minimum atomic E-state index is -4.79. The highest BCUT2D eigenvalue weighted by atomic mass is 35.5. The van der Waals surface area contributed by atoms with Gasteiger partial charge in [-0.05, 0) is 67.1 Å². The molecule has 0 spiro atoms. The van der Waals surface area contributed by atoms with Gasteiger partial charge < -0.3 is 16.0 Å². The Kier molecular flexibility index (Phi) is 5.79. The Morgan fingerprint density at radius 3 is 2.56 bits per heavy atom. The van der Waals surface area contributed by atoms with Gasteiger partial charge in [0, 0.05) is 57.3 Å². The highest BCUT2D eigenvalue weighted by Crippen LogP contribution is 2.50. The number of fused-ring (bicyclic) bond motifs is 1. The largest absolute Gasteiger partial charge is 0.417 e. The maximum atomic E-state index is 14.5. The molecule has 0 bridgehead atoms. The second kappa shape index (κ2) is 9.20. The summed E-state index contributed by atoms with van der Waals surface area (Å²) in [5, 5.41) is 9.48. The predicted octanol–water partition coefficient (Wildman–Crippen LogP) is 7.68. The van der Waals surface area contributed by atoms with Crippen molar-refractivity contribution in [2.75, 3.05) is 22.1 Å². The summed E-state index contributed by atoms with van der Waals surface area (Å²) in [6.07, 6.45) is -1.04.